The van der Waals surface area contributed by atoms with Crippen LogP contribution in [0.15, 0.2) is 0 Å². The van der Waals surface area contributed by atoms with Gasteiger partial charge in [-0.1, -0.05) is 20.8 Å². The number of rotatable bonds is 10. The highest BCUT2D eigenvalue weighted by molar-refractivity contribution is 4.59. The van der Waals surface area contributed by atoms with Crippen molar-refractivity contribution in [1.29, 1.82) is 0 Å². The van der Waals surface area contributed by atoms with Crippen molar-refractivity contribution in [3.63, 3.8) is 0 Å². The van der Waals surface area contributed by atoms with Crippen LogP contribution in [0.4, 0.5) is 0 Å². The Labute approximate surface area is 95.2 Å². The maximum Gasteiger partial charge on any atom is 0.0587 e. The molecule has 15 heavy (non-hydrogen) atoms. The summed E-state index contributed by atoms with van der Waals surface area (Å²) in [6.45, 7) is 13.2. The van der Waals surface area contributed by atoms with Crippen molar-refractivity contribution in [1.82, 2.24) is 10.2 Å². The molecule has 0 heterocycles. The van der Waals surface area contributed by atoms with Crippen molar-refractivity contribution in [2.75, 3.05) is 46.4 Å². The van der Waals surface area contributed by atoms with E-state index in [2.05, 4.69) is 31.0 Å². The molecule has 0 bridgehead atoms. The summed E-state index contributed by atoms with van der Waals surface area (Å²) in [6, 6.07) is 0. The van der Waals surface area contributed by atoms with E-state index in [9.17, 15) is 0 Å². The maximum absolute atomic E-state index is 4.97. The minimum Gasteiger partial charge on any atom is -0.383 e. The van der Waals surface area contributed by atoms with Crippen molar-refractivity contribution in [3.05, 3.63) is 0 Å². The van der Waals surface area contributed by atoms with Gasteiger partial charge in [-0.05, 0) is 32.0 Å². The molecule has 0 rings (SSSR count). The topological polar surface area (TPSA) is 24.5 Å². The number of ether oxygens (including phenoxy) is 1. The molecule has 0 aliphatic rings. The van der Waals surface area contributed by atoms with Crippen LogP contribution in [0, 0.1) is 5.92 Å². The van der Waals surface area contributed by atoms with Gasteiger partial charge in [0.25, 0.3) is 0 Å². The van der Waals surface area contributed by atoms with Crippen molar-refractivity contribution in [2.24, 2.45) is 5.92 Å². The molecule has 0 saturated carbocycles. The third-order valence-electron chi connectivity index (χ3n) is 2.38. The summed E-state index contributed by atoms with van der Waals surface area (Å²) < 4.78 is 4.97. The van der Waals surface area contributed by atoms with Crippen LogP contribution in [0.25, 0.3) is 0 Å². The summed E-state index contributed by atoms with van der Waals surface area (Å²) in [6.07, 6.45) is 1.23. The minimum atomic E-state index is 0.770. The lowest BCUT2D eigenvalue weighted by atomic mass is 10.2. The van der Waals surface area contributed by atoms with Crippen molar-refractivity contribution >= 4 is 0 Å². The van der Waals surface area contributed by atoms with Gasteiger partial charge in [0.15, 0.2) is 0 Å². The second-order valence-corrected chi connectivity index (χ2v) is 4.38. The summed E-state index contributed by atoms with van der Waals surface area (Å²) >= 11 is 0. The van der Waals surface area contributed by atoms with Gasteiger partial charge in [0.1, 0.15) is 0 Å². The van der Waals surface area contributed by atoms with Gasteiger partial charge < -0.3 is 15.0 Å². The molecule has 0 spiro atoms. The van der Waals surface area contributed by atoms with E-state index in [1.165, 1.54) is 19.5 Å². The first-order chi connectivity index (χ1) is 7.20. The van der Waals surface area contributed by atoms with Crippen molar-refractivity contribution < 1.29 is 4.74 Å². The Morgan fingerprint density at radius 2 is 2.00 bits per heavy atom. The Hall–Kier alpha value is -0.120. The Balaban J connectivity index is 3.30. The standard InChI is InChI=1S/C12H28N2O/c1-5-14(11-12(2)3)9-6-7-13-8-10-15-4/h12-13H,5-11H2,1-4H3. The first-order valence-electron chi connectivity index (χ1n) is 6.12. The van der Waals surface area contributed by atoms with E-state index < -0.39 is 0 Å². The zero-order chi connectivity index (χ0) is 11.5. The first kappa shape index (κ1) is 14.9. The smallest absolute Gasteiger partial charge is 0.0587 e. The molecule has 0 fully saturated rings. The lowest BCUT2D eigenvalue weighted by molar-refractivity contribution is 0.198. The Morgan fingerprint density at radius 1 is 1.27 bits per heavy atom. The van der Waals surface area contributed by atoms with Crippen LogP contribution in [0.5, 0.6) is 0 Å². The van der Waals surface area contributed by atoms with Gasteiger partial charge in [-0.25, -0.2) is 0 Å². The van der Waals surface area contributed by atoms with Crippen molar-refractivity contribution in [3.8, 4) is 0 Å². The normalized spacial score (nSPS) is 11.6. The number of nitrogens with one attached hydrogen (secondary N) is 1. The van der Waals surface area contributed by atoms with Gasteiger partial charge in [0.05, 0.1) is 6.61 Å². The Bertz CT molecular complexity index is 129. The highest BCUT2D eigenvalue weighted by Crippen LogP contribution is 1.98. The number of methoxy groups -OCH3 is 1. The lowest BCUT2D eigenvalue weighted by Crippen LogP contribution is -2.31. The van der Waals surface area contributed by atoms with Crippen LogP contribution in [0.1, 0.15) is 27.2 Å². The van der Waals surface area contributed by atoms with Crippen LogP contribution in [0.3, 0.4) is 0 Å². The monoisotopic (exact) mass is 216 g/mol. The van der Waals surface area contributed by atoms with E-state index in [1.807, 2.05) is 0 Å². The molecule has 0 aliphatic carbocycles. The molecule has 0 atom stereocenters. The maximum atomic E-state index is 4.97. The summed E-state index contributed by atoms with van der Waals surface area (Å²) in [4.78, 5) is 2.52. The summed E-state index contributed by atoms with van der Waals surface area (Å²) in [5.74, 6) is 0.770. The van der Waals surface area contributed by atoms with Crippen LogP contribution < -0.4 is 5.32 Å². The summed E-state index contributed by atoms with van der Waals surface area (Å²) in [5.41, 5.74) is 0. The predicted molar refractivity (Wildman–Crippen MR) is 66.3 cm³/mol. The molecule has 3 heteroatoms. The van der Waals surface area contributed by atoms with Gasteiger partial charge in [0, 0.05) is 20.2 Å². The number of nitrogens with zero attached hydrogens (tertiary/aromatic N) is 1. The lowest BCUT2D eigenvalue weighted by Gasteiger charge is -2.22. The molecule has 0 aromatic heterocycles. The number of hydrogen-bond donors (Lipinski definition) is 1. The molecule has 0 aromatic rings. The highest BCUT2D eigenvalue weighted by atomic mass is 16.5. The fraction of sp³-hybridized carbons (Fsp3) is 1.00. The molecule has 0 aliphatic heterocycles. The van der Waals surface area contributed by atoms with Crippen LogP contribution in [-0.4, -0.2) is 51.3 Å². The van der Waals surface area contributed by atoms with Crippen LogP contribution in [-0.2, 0) is 4.74 Å². The van der Waals surface area contributed by atoms with Gasteiger partial charge in [0.2, 0.25) is 0 Å². The zero-order valence-corrected chi connectivity index (χ0v) is 10.9. The molecule has 0 radical (unpaired) electrons. The average Bonchev–Trinajstić information content (AvgIpc) is 2.20. The predicted octanol–water partition coefficient (Wildman–Crippen LogP) is 1.59. The molecule has 3 nitrogen and oxygen atoms in total. The SMILES string of the molecule is CCN(CCCNCCOC)CC(C)C. The van der Waals surface area contributed by atoms with Crippen molar-refractivity contribution in [2.45, 2.75) is 27.2 Å². The molecule has 1 N–H and O–H groups in total. The molecule has 0 amide bonds. The van der Waals surface area contributed by atoms with E-state index in [-0.39, 0.29) is 0 Å². The Morgan fingerprint density at radius 3 is 2.53 bits per heavy atom. The van der Waals surface area contributed by atoms with Gasteiger partial charge in [-0.15, -0.1) is 0 Å². The first-order valence-corrected chi connectivity index (χ1v) is 6.12. The third-order valence-corrected chi connectivity index (χ3v) is 2.38. The minimum absolute atomic E-state index is 0.770. The number of hydrogen-bond acceptors (Lipinski definition) is 3. The van der Waals surface area contributed by atoms with Crippen LogP contribution in [0.2, 0.25) is 0 Å². The molecular weight excluding hydrogens is 188 g/mol. The van der Waals surface area contributed by atoms with E-state index >= 15 is 0 Å². The summed E-state index contributed by atoms with van der Waals surface area (Å²) in [5, 5.41) is 3.37. The third kappa shape index (κ3) is 10.2. The molecular formula is C12H28N2O. The molecule has 0 unspecified atom stereocenters. The van der Waals surface area contributed by atoms with Gasteiger partial charge in [-0.2, -0.15) is 0 Å². The highest BCUT2D eigenvalue weighted by Gasteiger charge is 2.03. The Kier molecular flexibility index (Phi) is 10.3. The van der Waals surface area contributed by atoms with E-state index in [4.69, 9.17) is 4.74 Å². The second kappa shape index (κ2) is 10.4. The van der Waals surface area contributed by atoms with E-state index in [1.54, 1.807) is 7.11 Å². The molecule has 0 saturated heterocycles. The average molecular weight is 216 g/mol. The van der Waals surface area contributed by atoms with Crippen LogP contribution >= 0.6 is 0 Å². The largest absolute Gasteiger partial charge is 0.383 e. The molecule has 0 aromatic carbocycles. The van der Waals surface area contributed by atoms with Gasteiger partial charge >= 0.3 is 0 Å². The van der Waals surface area contributed by atoms with E-state index in [0.717, 1.165) is 32.2 Å². The second-order valence-electron chi connectivity index (χ2n) is 4.38. The molecule has 92 valence electrons. The zero-order valence-electron chi connectivity index (χ0n) is 10.9. The van der Waals surface area contributed by atoms with Gasteiger partial charge in [-0.3, -0.25) is 0 Å². The quantitative estimate of drug-likeness (QED) is 0.561. The fourth-order valence-electron chi connectivity index (χ4n) is 1.62. The summed E-state index contributed by atoms with van der Waals surface area (Å²) in [7, 11) is 1.74. The fourth-order valence-corrected chi connectivity index (χ4v) is 1.62. The van der Waals surface area contributed by atoms with E-state index in [0.29, 0.717) is 0 Å².